The first kappa shape index (κ1) is 10.3. The number of rotatable bonds is 2. The van der Waals surface area contributed by atoms with Crippen LogP contribution in [0.4, 0.5) is 0 Å². The van der Waals surface area contributed by atoms with Gasteiger partial charge in [0.15, 0.2) is 0 Å². The molecule has 2 aliphatic rings. The molecule has 2 saturated carbocycles. The molecule has 0 amide bonds. The van der Waals surface area contributed by atoms with Gasteiger partial charge in [0.2, 0.25) is 0 Å². The molecule has 0 saturated heterocycles. The smallest absolute Gasteiger partial charge is 0.0109 e. The number of fused-ring (bicyclic) bond motifs is 2. The number of hydrogen-bond donors (Lipinski definition) is 1. The largest absolute Gasteiger partial charge is 0.330 e. The van der Waals surface area contributed by atoms with E-state index in [1.54, 1.807) is 0 Å². The molecular weight excluding hydrogens is 194 g/mol. The Kier molecular flexibility index (Phi) is 2.32. The second-order valence-corrected chi connectivity index (χ2v) is 5.76. The van der Waals surface area contributed by atoms with Crippen molar-refractivity contribution >= 4 is 0 Å². The van der Waals surface area contributed by atoms with Gasteiger partial charge in [-0.15, -0.1) is 0 Å². The van der Waals surface area contributed by atoms with Crippen molar-refractivity contribution in [2.45, 2.75) is 38.0 Å². The second kappa shape index (κ2) is 3.59. The van der Waals surface area contributed by atoms with Crippen LogP contribution in [-0.4, -0.2) is 6.54 Å². The molecule has 0 aromatic heterocycles. The van der Waals surface area contributed by atoms with E-state index >= 15 is 0 Å². The van der Waals surface area contributed by atoms with Crippen molar-refractivity contribution in [3.63, 3.8) is 0 Å². The van der Waals surface area contributed by atoms with E-state index in [9.17, 15) is 0 Å². The monoisotopic (exact) mass is 215 g/mol. The lowest BCUT2D eigenvalue weighted by Crippen LogP contribution is -2.40. The van der Waals surface area contributed by atoms with Gasteiger partial charge in [-0.2, -0.15) is 0 Å². The maximum atomic E-state index is 6.16. The Bertz CT molecular complexity index is 398. The Hall–Kier alpha value is -0.820. The lowest BCUT2D eigenvalue weighted by atomic mass is 9.67. The van der Waals surface area contributed by atoms with Crippen LogP contribution in [0.3, 0.4) is 0 Å². The summed E-state index contributed by atoms with van der Waals surface area (Å²) in [5.41, 5.74) is 9.43. The Balaban J connectivity index is 2.06. The van der Waals surface area contributed by atoms with Crippen molar-refractivity contribution in [3.05, 3.63) is 35.4 Å². The highest BCUT2D eigenvalue weighted by Crippen LogP contribution is 2.56. The zero-order valence-electron chi connectivity index (χ0n) is 10.1. The third-order valence-electron chi connectivity index (χ3n) is 5.02. The lowest BCUT2D eigenvalue weighted by Gasteiger charge is -2.38. The van der Waals surface area contributed by atoms with E-state index in [4.69, 9.17) is 5.73 Å². The van der Waals surface area contributed by atoms with Gasteiger partial charge in [-0.25, -0.2) is 0 Å². The summed E-state index contributed by atoms with van der Waals surface area (Å²) >= 11 is 0. The molecule has 0 radical (unpaired) electrons. The van der Waals surface area contributed by atoms with Crippen LogP contribution >= 0.6 is 0 Å². The van der Waals surface area contributed by atoms with Gasteiger partial charge < -0.3 is 5.73 Å². The maximum Gasteiger partial charge on any atom is 0.0109 e. The molecule has 2 aliphatic carbocycles. The van der Waals surface area contributed by atoms with Gasteiger partial charge in [-0.05, 0) is 49.1 Å². The van der Waals surface area contributed by atoms with E-state index in [1.165, 1.54) is 36.8 Å². The van der Waals surface area contributed by atoms with Crippen LogP contribution < -0.4 is 5.73 Å². The van der Waals surface area contributed by atoms with E-state index in [2.05, 4.69) is 31.2 Å². The van der Waals surface area contributed by atoms with Crippen LogP contribution in [0.15, 0.2) is 24.3 Å². The minimum Gasteiger partial charge on any atom is -0.330 e. The Labute approximate surface area is 98.0 Å². The summed E-state index contributed by atoms with van der Waals surface area (Å²) in [6, 6.07) is 8.85. The summed E-state index contributed by atoms with van der Waals surface area (Å²) in [6.07, 6.45) is 5.60. The van der Waals surface area contributed by atoms with Gasteiger partial charge >= 0.3 is 0 Å². The van der Waals surface area contributed by atoms with Crippen LogP contribution in [0.1, 0.15) is 36.8 Å². The zero-order chi connectivity index (χ0) is 11.2. The summed E-state index contributed by atoms with van der Waals surface area (Å²) in [6.45, 7) is 3.07. The van der Waals surface area contributed by atoms with Gasteiger partial charge in [0.25, 0.3) is 0 Å². The molecule has 2 bridgehead atoms. The summed E-state index contributed by atoms with van der Waals surface area (Å²) in [7, 11) is 0. The molecule has 3 rings (SSSR count). The Morgan fingerprint density at radius 3 is 2.69 bits per heavy atom. The summed E-state index contributed by atoms with van der Waals surface area (Å²) in [4.78, 5) is 0. The van der Waals surface area contributed by atoms with E-state index in [-0.39, 0.29) is 0 Å². The van der Waals surface area contributed by atoms with E-state index < -0.39 is 0 Å². The molecule has 2 fully saturated rings. The van der Waals surface area contributed by atoms with E-state index in [0.29, 0.717) is 5.41 Å². The molecule has 2 N–H and O–H groups in total. The fourth-order valence-corrected chi connectivity index (χ4v) is 4.27. The second-order valence-electron chi connectivity index (χ2n) is 5.76. The molecule has 1 aromatic rings. The first-order valence-corrected chi connectivity index (χ1v) is 6.52. The third-order valence-corrected chi connectivity index (χ3v) is 5.02. The molecule has 0 heterocycles. The molecule has 0 spiro atoms. The molecule has 86 valence electrons. The normalized spacial score (nSPS) is 36.9. The van der Waals surface area contributed by atoms with Gasteiger partial charge in [-0.3, -0.25) is 0 Å². The van der Waals surface area contributed by atoms with E-state index in [1.807, 2.05) is 0 Å². The fourth-order valence-electron chi connectivity index (χ4n) is 4.27. The molecule has 16 heavy (non-hydrogen) atoms. The first-order chi connectivity index (χ1) is 7.76. The average molecular weight is 215 g/mol. The fraction of sp³-hybridized carbons (Fsp3) is 0.600. The summed E-state index contributed by atoms with van der Waals surface area (Å²) < 4.78 is 0. The number of aryl methyl sites for hydroxylation is 1. The van der Waals surface area contributed by atoms with Crippen molar-refractivity contribution in [3.8, 4) is 0 Å². The van der Waals surface area contributed by atoms with Crippen LogP contribution in [-0.2, 0) is 5.41 Å². The molecule has 1 nitrogen and oxygen atoms in total. The van der Waals surface area contributed by atoms with Crippen molar-refractivity contribution in [2.75, 3.05) is 6.54 Å². The quantitative estimate of drug-likeness (QED) is 0.806. The summed E-state index contributed by atoms with van der Waals surface area (Å²) in [5.74, 6) is 1.80. The molecule has 3 unspecified atom stereocenters. The molecule has 3 atom stereocenters. The predicted molar refractivity (Wildman–Crippen MR) is 67.4 cm³/mol. The predicted octanol–water partition coefficient (Wildman–Crippen LogP) is 3.01. The SMILES string of the molecule is Cc1ccccc1C1(CN)CC2CCC1C2. The standard InChI is InChI=1S/C15H21N/c1-11-4-2-3-5-14(11)15(10-16)9-12-6-7-13(15)8-12/h2-5,12-13H,6-10,16H2,1H3. The van der Waals surface area contributed by atoms with Crippen LogP contribution in [0.5, 0.6) is 0 Å². The first-order valence-electron chi connectivity index (χ1n) is 6.52. The number of nitrogens with two attached hydrogens (primary N) is 1. The maximum absolute atomic E-state index is 6.16. The Morgan fingerprint density at radius 2 is 2.12 bits per heavy atom. The number of benzene rings is 1. The third kappa shape index (κ3) is 1.27. The summed E-state index contributed by atoms with van der Waals surface area (Å²) in [5, 5.41) is 0. The lowest BCUT2D eigenvalue weighted by molar-refractivity contribution is 0.274. The molecule has 1 aromatic carbocycles. The highest BCUT2D eigenvalue weighted by molar-refractivity contribution is 5.36. The molecule has 0 aliphatic heterocycles. The minimum atomic E-state index is 0.314. The average Bonchev–Trinajstić information content (AvgIpc) is 2.90. The van der Waals surface area contributed by atoms with Crippen molar-refractivity contribution in [1.82, 2.24) is 0 Å². The molecule has 1 heteroatoms. The van der Waals surface area contributed by atoms with Crippen molar-refractivity contribution in [2.24, 2.45) is 17.6 Å². The van der Waals surface area contributed by atoms with Crippen molar-refractivity contribution < 1.29 is 0 Å². The van der Waals surface area contributed by atoms with Gasteiger partial charge in [-0.1, -0.05) is 30.7 Å². The minimum absolute atomic E-state index is 0.314. The van der Waals surface area contributed by atoms with Gasteiger partial charge in [0.05, 0.1) is 0 Å². The highest BCUT2D eigenvalue weighted by atomic mass is 14.7. The van der Waals surface area contributed by atoms with Gasteiger partial charge in [0, 0.05) is 12.0 Å². The van der Waals surface area contributed by atoms with Gasteiger partial charge in [0.1, 0.15) is 0 Å². The van der Waals surface area contributed by atoms with Crippen LogP contribution in [0.25, 0.3) is 0 Å². The van der Waals surface area contributed by atoms with E-state index in [0.717, 1.165) is 18.4 Å². The highest BCUT2D eigenvalue weighted by Gasteiger charge is 2.51. The van der Waals surface area contributed by atoms with Crippen LogP contribution in [0.2, 0.25) is 0 Å². The number of hydrogen-bond acceptors (Lipinski definition) is 1. The topological polar surface area (TPSA) is 26.0 Å². The van der Waals surface area contributed by atoms with Crippen molar-refractivity contribution in [1.29, 1.82) is 0 Å². The molecular formula is C15H21N. The van der Waals surface area contributed by atoms with Crippen LogP contribution in [0, 0.1) is 18.8 Å². The Morgan fingerprint density at radius 1 is 1.31 bits per heavy atom. The zero-order valence-corrected chi connectivity index (χ0v) is 10.1.